The highest BCUT2D eigenvalue weighted by Gasteiger charge is 2.09. The summed E-state index contributed by atoms with van der Waals surface area (Å²) in [6.07, 6.45) is 1.67. The first kappa shape index (κ1) is 18.7. The molecule has 1 heterocycles. The summed E-state index contributed by atoms with van der Waals surface area (Å²) < 4.78 is 12.6. The molecule has 0 aliphatic heterocycles. The molecule has 0 atom stereocenters. The van der Waals surface area contributed by atoms with Crippen molar-refractivity contribution in [2.45, 2.75) is 0 Å². The van der Waals surface area contributed by atoms with Gasteiger partial charge in [-0.3, -0.25) is 0 Å². The number of hydrogen-bond donors (Lipinski definition) is 1. The maximum absolute atomic E-state index is 5.39. The monoisotopic (exact) mass is 383 g/mol. The Hall–Kier alpha value is -3.13. The summed E-state index contributed by atoms with van der Waals surface area (Å²) in [6.45, 7) is 0. The van der Waals surface area contributed by atoms with E-state index in [2.05, 4.69) is 15.3 Å². The fourth-order valence-corrected chi connectivity index (χ4v) is 2.73. The van der Waals surface area contributed by atoms with Crippen LogP contribution in [0.1, 0.15) is 5.56 Å². The number of methoxy groups -OCH3 is 2. The lowest BCUT2D eigenvalue weighted by Crippen LogP contribution is -2.08. The van der Waals surface area contributed by atoms with E-state index in [1.807, 2.05) is 61.5 Å². The number of ether oxygens (including phenoxy) is 2. The predicted molar refractivity (Wildman–Crippen MR) is 110 cm³/mol. The van der Waals surface area contributed by atoms with Crippen LogP contribution in [0.15, 0.2) is 47.6 Å². The molecule has 7 nitrogen and oxygen atoms in total. The lowest BCUT2D eigenvalue weighted by Gasteiger charge is -2.12. The Morgan fingerprint density at radius 1 is 1.11 bits per heavy atom. The number of hydrogen-bond acceptors (Lipinski definition) is 6. The van der Waals surface area contributed by atoms with Crippen LogP contribution in [0.25, 0.3) is 11.4 Å². The number of H-pyrrole nitrogens is 1. The molecule has 0 radical (unpaired) electrons. The van der Waals surface area contributed by atoms with Crippen molar-refractivity contribution < 1.29 is 9.47 Å². The third-order valence-electron chi connectivity index (χ3n) is 4.04. The minimum absolute atomic E-state index is 0.403. The Balaban J connectivity index is 1.98. The quantitative estimate of drug-likeness (QED) is 0.521. The molecule has 0 unspecified atom stereocenters. The summed E-state index contributed by atoms with van der Waals surface area (Å²) in [6, 6.07) is 13.5. The maximum Gasteiger partial charge on any atom is 0.216 e. The average Bonchev–Trinajstić information content (AvgIpc) is 3.06. The first-order valence-electron chi connectivity index (χ1n) is 8.25. The summed E-state index contributed by atoms with van der Waals surface area (Å²) in [4.78, 5) is 2.04. The Kier molecular flexibility index (Phi) is 5.56. The summed E-state index contributed by atoms with van der Waals surface area (Å²) in [5.41, 5.74) is 2.78. The van der Waals surface area contributed by atoms with Crippen LogP contribution in [0.3, 0.4) is 0 Å². The Labute approximate surface area is 162 Å². The highest BCUT2D eigenvalue weighted by atomic mass is 32.1. The minimum atomic E-state index is 0.403. The fraction of sp³-hybridized carbons (Fsp3) is 0.211. The van der Waals surface area contributed by atoms with Crippen LogP contribution in [0.4, 0.5) is 5.69 Å². The van der Waals surface area contributed by atoms with Gasteiger partial charge >= 0.3 is 0 Å². The molecule has 140 valence electrons. The average molecular weight is 383 g/mol. The second kappa shape index (κ2) is 8.05. The molecule has 27 heavy (non-hydrogen) atoms. The van der Waals surface area contributed by atoms with Crippen LogP contribution >= 0.6 is 12.2 Å². The molecule has 2 aromatic carbocycles. The second-order valence-corrected chi connectivity index (χ2v) is 6.34. The number of aromatic nitrogens is 3. The van der Waals surface area contributed by atoms with Crippen LogP contribution in [0, 0.1) is 4.77 Å². The summed E-state index contributed by atoms with van der Waals surface area (Å²) in [5, 5.41) is 11.6. The van der Waals surface area contributed by atoms with E-state index in [4.69, 9.17) is 21.7 Å². The van der Waals surface area contributed by atoms with E-state index in [1.54, 1.807) is 25.1 Å². The van der Waals surface area contributed by atoms with E-state index >= 15 is 0 Å². The molecule has 1 aromatic heterocycles. The molecule has 0 amide bonds. The number of nitrogens with one attached hydrogen (secondary N) is 1. The van der Waals surface area contributed by atoms with Crippen molar-refractivity contribution in [1.29, 1.82) is 0 Å². The van der Waals surface area contributed by atoms with Crippen LogP contribution < -0.4 is 14.4 Å². The van der Waals surface area contributed by atoms with Gasteiger partial charge in [-0.15, -0.1) is 0 Å². The Morgan fingerprint density at radius 2 is 1.85 bits per heavy atom. The van der Waals surface area contributed by atoms with Gasteiger partial charge in [-0.05, 0) is 54.7 Å². The van der Waals surface area contributed by atoms with E-state index < -0.39 is 0 Å². The van der Waals surface area contributed by atoms with Gasteiger partial charge in [-0.2, -0.15) is 14.9 Å². The highest BCUT2D eigenvalue weighted by molar-refractivity contribution is 7.71. The SMILES string of the molecule is COc1ccc(OC)c(C=Nn2c(-c3ccc(N(C)C)cc3)n[nH]c2=S)c1. The predicted octanol–water partition coefficient (Wildman–Crippen LogP) is 3.57. The standard InChI is InChI=1S/C19H21N5O2S/c1-23(2)15-7-5-13(6-8-15)18-21-22-19(27)24(18)20-12-14-11-16(25-3)9-10-17(14)26-4/h5-12H,1-4H3,(H,22,27). The normalized spacial score (nSPS) is 11.0. The smallest absolute Gasteiger partial charge is 0.216 e. The molecular formula is C19H21N5O2S. The number of anilines is 1. The van der Waals surface area contributed by atoms with Crippen molar-refractivity contribution in [2.75, 3.05) is 33.2 Å². The molecular weight excluding hydrogens is 362 g/mol. The van der Waals surface area contributed by atoms with Crippen molar-refractivity contribution in [3.05, 3.63) is 52.8 Å². The molecule has 1 N–H and O–H groups in total. The van der Waals surface area contributed by atoms with Gasteiger partial charge in [0.1, 0.15) is 11.5 Å². The van der Waals surface area contributed by atoms with Crippen LogP contribution in [0.2, 0.25) is 0 Å². The molecule has 0 saturated carbocycles. The third kappa shape index (κ3) is 4.01. The zero-order valence-corrected chi connectivity index (χ0v) is 16.4. The number of aromatic amines is 1. The highest BCUT2D eigenvalue weighted by Crippen LogP contribution is 2.24. The van der Waals surface area contributed by atoms with Crippen molar-refractivity contribution in [1.82, 2.24) is 14.9 Å². The largest absolute Gasteiger partial charge is 0.497 e. The minimum Gasteiger partial charge on any atom is -0.497 e. The first-order chi connectivity index (χ1) is 13.0. The van der Waals surface area contributed by atoms with Crippen LogP contribution in [0.5, 0.6) is 11.5 Å². The topological polar surface area (TPSA) is 67.7 Å². The van der Waals surface area contributed by atoms with E-state index in [0.29, 0.717) is 22.1 Å². The van der Waals surface area contributed by atoms with Gasteiger partial charge in [0.05, 0.1) is 20.4 Å². The molecule has 0 aliphatic rings. The lowest BCUT2D eigenvalue weighted by molar-refractivity contribution is 0.402. The number of nitrogens with zero attached hydrogens (tertiary/aromatic N) is 4. The van der Waals surface area contributed by atoms with Gasteiger partial charge in [-0.1, -0.05) is 0 Å². The van der Waals surface area contributed by atoms with Crippen molar-refractivity contribution in [2.24, 2.45) is 5.10 Å². The molecule has 3 aromatic rings. The van der Waals surface area contributed by atoms with E-state index in [0.717, 1.165) is 16.8 Å². The van der Waals surface area contributed by atoms with Crippen molar-refractivity contribution in [3.63, 3.8) is 0 Å². The fourth-order valence-electron chi connectivity index (χ4n) is 2.55. The van der Waals surface area contributed by atoms with Crippen molar-refractivity contribution >= 4 is 24.1 Å². The van der Waals surface area contributed by atoms with Crippen LogP contribution in [-0.4, -0.2) is 49.4 Å². The summed E-state index contributed by atoms with van der Waals surface area (Å²) >= 11 is 5.33. The lowest BCUT2D eigenvalue weighted by atomic mass is 10.2. The maximum atomic E-state index is 5.39. The van der Waals surface area contributed by atoms with Gasteiger partial charge in [0.25, 0.3) is 0 Å². The zero-order chi connectivity index (χ0) is 19.4. The van der Waals surface area contributed by atoms with Gasteiger partial charge in [0.15, 0.2) is 5.82 Å². The van der Waals surface area contributed by atoms with E-state index in [-0.39, 0.29) is 0 Å². The molecule has 0 bridgehead atoms. The zero-order valence-electron chi connectivity index (χ0n) is 15.6. The molecule has 3 rings (SSSR count). The Bertz CT molecular complexity index is 1010. The molecule has 8 heteroatoms. The number of benzene rings is 2. The first-order valence-corrected chi connectivity index (χ1v) is 8.66. The third-order valence-corrected chi connectivity index (χ3v) is 4.31. The molecule has 0 saturated heterocycles. The van der Waals surface area contributed by atoms with E-state index in [1.165, 1.54) is 0 Å². The summed E-state index contributed by atoms with van der Waals surface area (Å²) in [5.74, 6) is 2.03. The number of rotatable bonds is 6. The molecule has 0 fully saturated rings. The summed E-state index contributed by atoms with van der Waals surface area (Å²) in [7, 11) is 7.22. The van der Waals surface area contributed by atoms with Crippen LogP contribution in [-0.2, 0) is 0 Å². The van der Waals surface area contributed by atoms with Crippen molar-refractivity contribution in [3.8, 4) is 22.9 Å². The Morgan fingerprint density at radius 3 is 2.48 bits per heavy atom. The van der Waals surface area contributed by atoms with E-state index in [9.17, 15) is 0 Å². The van der Waals surface area contributed by atoms with Gasteiger partial charge < -0.3 is 14.4 Å². The molecule has 0 spiro atoms. The molecule has 0 aliphatic carbocycles. The second-order valence-electron chi connectivity index (χ2n) is 5.96. The van der Waals surface area contributed by atoms with Gasteiger partial charge in [0.2, 0.25) is 4.77 Å². The van der Waals surface area contributed by atoms with Gasteiger partial charge in [0, 0.05) is 30.9 Å². The van der Waals surface area contributed by atoms with Gasteiger partial charge in [-0.25, -0.2) is 5.10 Å².